The summed E-state index contributed by atoms with van der Waals surface area (Å²) < 4.78 is 5.34. The molecule has 0 aromatic carbocycles. The highest BCUT2D eigenvalue weighted by molar-refractivity contribution is 6.03. The molecule has 3 fully saturated rings. The average Bonchev–Trinajstić information content (AvgIpc) is 2.55. The van der Waals surface area contributed by atoms with E-state index in [-0.39, 0.29) is 18.6 Å². The number of rotatable bonds is 5. The summed E-state index contributed by atoms with van der Waals surface area (Å²) in [6.07, 6.45) is 0.848. The standard InChI is InChI=1S/C15H20N2O9/c1-13(24,7-18)10(21)15-12(23)16-14(25,11(22)17-15)8(5-6-26-15)3-2-4-9(19)20/h2-4,10,18,21,24-25H,5-7H2,1H3,(H,16,23)(H,17,22)(H,19,20)/b4-2+,8-3+/t10-,13-,14+,15-/m0/s1. The van der Waals surface area contributed by atoms with Crippen molar-refractivity contribution >= 4 is 17.8 Å². The molecule has 3 aliphatic rings. The number of ether oxygens (including phenoxy) is 1. The van der Waals surface area contributed by atoms with E-state index in [0.29, 0.717) is 0 Å². The Morgan fingerprint density at radius 1 is 1.38 bits per heavy atom. The lowest BCUT2D eigenvalue weighted by molar-refractivity contribution is -0.230. The second-order valence-corrected chi connectivity index (χ2v) is 6.26. The number of aliphatic hydroxyl groups excluding tert-OH is 2. The molecule has 7 N–H and O–H groups in total. The first-order valence-corrected chi connectivity index (χ1v) is 7.63. The van der Waals surface area contributed by atoms with Crippen LogP contribution in [0.3, 0.4) is 0 Å². The molecule has 0 aliphatic carbocycles. The number of aliphatic carboxylic acids is 1. The van der Waals surface area contributed by atoms with E-state index in [9.17, 15) is 34.8 Å². The average molecular weight is 372 g/mol. The highest BCUT2D eigenvalue weighted by atomic mass is 16.5. The molecule has 0 radical (unpaired) electrons. The summed E-state index contributed by atoms with van der Waals surface area (Å²) in [5.74, 6) is -3.55. The molecule has 2 bridgehead atoms. The van der Waals surface area contributed by atoms with Gasteiger partial charge in [-0.15, -0.1) is 0 Å². The first-order chi connectivity index (χ1) is 12.0. The summed E-state index contributed by atoms with van der Waals surface area (Å²) in [5.41, 5.74) is -7.14. The van der Waals surface area contributed by atoms with E-state index < -0.39 is 47.5 Å². The fourth-order valence-electron chi connectivity index (χ4n) is 2.71. The molecule has 11 heteroatoms. The van der Waals surface area contributed by atoms with Crippen LogP contribution in [0.25, 0.3) is 0 Å². The van der Waals surface area contributed by atoms with Crippen LogP contribution in [-0.4, -0.2) is 79.7 Å². The van der Waals surface area contributed by atoms with Gasteiger partial charge in [-0.1, -0.05) is 12.2 Å². The molecule has 11 nitrogen and oxygen atoms in total. The van der Waals surface area contributed by atoms with Crippen LogP contribution in [0.2, 0.25) is 0 Å². The van der Waals surface area contributed by atoms with Gasteiger partial charge < -0.3 is 40.9 Å². The number of hydrogen-bond acceptors (Lipinski definition) is 8. The second-order valence-electron chi connectivity index (χ2n) is 6.26. The fourth-order valence-corrected chi connectivity index (χ4v) is 2.71. The number of amides is 2. The van der Waals surface area contributed by atoms with E-state index in [1.165, 1.54) is 0 Å². The Bertz CT molecular complexity index is 687. The van der Waals surface area contributed by atoms with Gasteiger partial charge in [0.25, 0.3) is 17.5 Å². The van der Waals surface area contributed by atoms with E-state index in [1.54, 1.807) is 0 Å². The quantitative estimate of drug-likeness (QED) is 0.243. The molecule has 4 atom stereocenters. The lowest BCUT2D eigenvalue weighted by Crippen LogP contribution is -2.82. The van der Waals surface area contributed by atoms with Crippen LogP contribution in [0, 0.1) is 0 Å². The molecule has 0 aromatic rings. The predicted molar refractivity (Wildman–Crippen MR) is 83.1 cm³/mol. The number of carbonyl (C=O) groups is 3. The van der Waals surface area contributed by atoms with E-state index in [0.717, 1.165) is 25.2 Å². The molecule has 3 rings (SSSR count). The maximum atomic E-state index is 12.5. The van der Waals surface area contributed by atoms with Crippen molar-refractivity contribution < 1.29 is 44.7 Å². The van der Waals surface area contributed by atoms with Gasteiger partial charge >= 0.3 is 5.97 Å². The Balaban J connectivity index is 2.43. The van der Waals surface area contributed by atoms with Crippen molar-refractivity contribution in [2.24, 2.45) is 0 Å². The molecule has 3 saturated heterocycles. The number of nitrogens with one attached hydrogen (secondary N) is 2. The first-order valence-electron chi connectivity index (χ1n) is 7.63. The van der Waals surface area contributed by atoms with E-state index >= 15 is 0 Å². The lowest BCUT2D eigenvalue weighted by atomic mass is 9.84. The zero-order valence-corrected chi connectivity index (χ0v) is 13.8. The van der Waals surface area contributed by atoms with Gasteiger partial charge in [-0.05, 0) is 18.9 Å². The number of hydrogen-bond donors (Lipinski definition) is 7. The largest absolute Gasteiger partial charge is 0.478 e. The monoisotopic (exact) mass is 372 g/mol. The minimum Gasteiger partial charge on any atom is -0.478 e. The highest BCUT2D eigenvalue weighted by Crippen LogP contribution is 2.33. The molecule has 2 amide bonds. The highest BCUT2D eigenvalue weighted by Gasteiger charge is 2.63. The molecular formula is C15H20N2O9. The maximum absolute atomic E-state index is 12.5. The number of piperazine rings is 1. The number of fused-ring (bicyclic) bond motifs is 5. The normalized spacial score (nSPS) is 34.0. The van der Waals surface area contributed by atoms with Crippen molar-refractivity contribution in [3.05, 3.63) is 23.8 Å². The molecule has 0 spiro atoms. The number of allylic oxidation sites excluding steroid dienone is 2. The summed E-state index contributed by atoms with van der Waals surface area (Å²) in [6.45, 7) is -0.157. The number of carboxylic acids is 1. The Kier molecular flexibility index (Phi) is 5.21. The van der Waals surface area contributed by atoms with Crippen LogP contribution < -0.4 is 10.6 Å². The van der Waals surface area contributed by atoms with Crippen molar-refractivity contribution in [1.29, 1.82) is 0 Å². The topological polar surface area (TPSA) is 186 Å². The Morgan fingerprint density at radius 2 is 2.04 bits per heavy atom. The third-order valence-corrected chi connectivity index (χ3v) is 4.26. The van der Waals surface area contributed by atoms with Gasteiger partial charge in [0.1, 0.15) is 11.7 Å². The lowest BCUT2D eigenvalue weighted by Gasteiger charge is -2.49. The number of carboxylic acid groups (broad SMARTS) is 1. The van der Waals surface area contributed by atoms with Crippen LogP contribution in [-0.2, 0) is 19.1 Å². The van der Waals surface area contributed by atoms with Crippen molar-refractivity contribution in [3.8, 4) is 0 Å². The van der Waals surface area contributed by atoms with Crippen LogP contribution in [0.5, 0.6) is 0 Å². The molecule has 144 valence electrons. The molecule has 0 saturated carbocycles. The summed E-state index contributed by atoms with van der Waals surface area (Å²) >= 11 is 0. The Labute approximate surface area is 147 Å². The van der Waals surface area contributed by atoms with Crippen LogP contribution in [0.15, 0.2) is 23.8 Å². The molecule has 26 heavy (non-hydrogen) atoms. The minimum absolute atomic E-state index is 0.0439. The van der Waals surface area contributed by atoms with E-state index in [2.05, 4.69) is 5.32 Å². The van der Waals surface area contributed by atoms with Crippen molar-refractivity contribution in [1.82, 2.24) is 10.6 Å². The third kappa shape index (κ3) is 3.22. The molecule has 3 aliphatic heterocycles. The molecule has 0 unspecified atom stereocenters. The second kappa shape index (κ2) is 6.78. The molecule has 3 heterocycles. The van der Waals surface area contributed by atoms with Crippen molar-refractivity contribution in [2.45, 2.75) is 36.5 Å². The zero-order chi connectivity index (χ0) is 19.8. The third-order valence-electron chi connectivity index (χ3n) is 4.26. The molecule has 0 aromatic heterocycles. The van der Waals surface area contributed by atoms with Gasteiger partial charge in [-0.25, -0.2) is 4.79 Å². The summed E-state index contributed by atoms with van der Waals surface area (Å²) in [7, 11) is 0. The van der Waals surface area contributed by atoms with Crippen LogP contribution in [0.1, 0.15) is 13.3 Å². The number of aliphatic hydroxyl groups is 4. The van der Waals surface area contributed by atoms with Crippen molar-refractivity contribution in [2.75, 3.05) is 13.2 Å². The smallest absolute Gasteiger partial charge is 0.328 e. The van der Waals surface area contributed by atoms with E-state index in [1.807, 2.05) is 5.32 Å². The Morgan fingerprint density at radius 3 is 2.62 bits per heavy atom. The van der Waals surface area contributed by atoms with Gasteiger partial charge in [-0.3, -0.25) is 9.59 Å². The van der Waals surface area contributed by atoms with Gasteiger partial charge in [-0.2, -0.15) is 0 Å². The van der Waals surface area contributed by atoms with Gasteiger partial charge in [0, 0.05) is 6.08 Å². The summed E-state index contributed by atoms with van der Waals surface area (Å²) in [4.78, 5) is 35.5. The SMILES string of the molecule is C[C@](O)(CO)[C@H](O)[C@@]12NC(=O)[C@@](O)(NC1=O)/C(=C/C=C/C(=O)O)CCO2. The molecular weight excluding hydrogens is 352 g/mol. The Hall–Kier alpha value is -2.31. The van der Waals surface area contributed by atoms with Crippen LogP contribution in [0.4, 0.5) is 0 Å². The summed E-state index contributed by atoms with van der Waals surface area (Å²) in [5, 5.41) is 52.9. The zero-order valence-electron chi connectivity index (χ0n) is 13.8. The maximum Gasteiger partial charge on any atom is 0.328 e. The van der Waals surface area contributed by atoms with Gasteiger partial charge in [0.05, 0.1) is 13.2 Å². The van der Waals surface area contributed by atoms with Gasteiger partial charge in [0.2, 0.25) is 5.72 Å². The minimum atomic E-state index is -2.49. The van der Waals surface area contributed by atoms with Gasteiger partial charge in [0.15, 0.2) is 0 Å². The fraction of sp³-hybridized carbons (Fsp3) is 0.533. The number of carbonyl (C=O) groups excluding carboxylic acids is 2. The summed E-state index contributed by atoms with van der Waals surface area (Å²) in [6, 6.07) is 0. The van der Waals surface area contributed by atoms with Crippen molar-refractivity contribution in [3.63, 3.8) is 0 Å². The van der Waals surface area contributed by atoms with Crippen LogP contribution >= 0.6 is 0 Å². The van der Waals surface area contributed by atoms with E-state index in [4.69, 9.17) is 9.84 Å². The first kappa shape index (κ1) is 20.0. The predicted octanol–water partition coefficient (Wildman–Crippen LogP) is -3.29.